The smallest absolute Gasteiger partial charge is 0.230 e. The zero-order valence-electron chi connectivity index (χ0n) is 19.3. The van der Waals surface area contributed by atoms with Gasteiger partial charge in [-0.3, -0.25) is 9.59 Å². The number of hydrogen-bond donors (Lipinski definition) is 2. The number of rotatable bonds is 12. The Morgan fingerprint density at radius 2 is 1.11 bits per heavy atom. The summed E-state index contributed by atoms with van der Waals surface area (Å²) in [6, 6.07) is 18.9. The Labute approximate surface area is 219 Å². The van der Waals surface area contributed by atoms with Crippen LogP contribution in [0.25, 0.3) is 0 Å². The van der Waals surface area contributed by atoms with Crippen LogP contribution < -0.4 is 10.6 Å². The summed E-state index contributed by atoms with van der Waals surface area (Å²) in [6.45, 7) is 0. The highest BCUT2D eigenvalue weighted by molar-refractivity contribution is 7.91. The van der Waals surface area contributed by atoms with Crippen molar-refractivity contribution in [1.29, 1.82) is 0 Å². The Morgan fingerprint density at radius 1 is 0.694 bits per heavy atom. The van der Waals surface area contributed by atoms with Crippen molar-refractivity contribution in [1.82, 2.24) is 20.4 Å². The fraction of sp³-hybridized carbons (Fsp3) is 0.250. The third-order valence-electron chi connectivity index (χ3n) is 4.93. The molecule has 2 aromatic carbocycles. The van der Waals surface area contributed by atoms with Gasteiger partial charge in [-0.05, 0) is 11.1 Å². The molecule has 12 heteroatoms. The van der Waals surface area contributed by atoms with Crippen LogP contribution in [0.15, 0.2) is 60.7 Å². The molecule has 4 rings (SSSR count). The summed E-state index contributed by atoms with van der Waals surface area (Å²) >= 11 is 1.50. The minimum atomic E-state index is -1.07. The predicted molar refractivity (Wildman–Crippen MR) is 143 cm³/mol. The molecule has 0 spiro atoms. The van der Waals surface area contributed by atoms with E-state index in [4.69, 9.17) is 0 Å². The average molecular weight is 541 g/mol. The van der Waals surface area contributed by atoms with Gasteiger partial charge in [-0.1, -0.05) is 94.5 Å². The number of carbonyl (C=O) groups excluding carboxylic acids is 2. The van der Waals surface area contributed by atoms with Crippen LogP contribution in [0.3, 0.4) is 0 Å². The maximum Gasteiger partial charge on any atom is 0.230 e. The fourth-order valence-electron chi connectivity index (χ4n) is 3.20. The van der Waals surface area contributed by atoms with Crippen molar-refractivity contribution < 1.29 is 14.1 Å². The molecule has 0 unspecified atom stereocenters. The van der Waals surface area contributed by atoms with Crippen LogP contribution in [-0.4, -0.2) is 48.3 Å². The van der Waals surface area contributed by atoms with E-state index in [-0.39, 0.29) is 24.7 Å². The molecule has 0 saturated carbocycles. The van der Waals surface area contributed by atoms with Gasteiger partial charge < -0.3 is 15.2 Å². The number of aryl methyl sites for hydroxylation is 2. The third kappa shape index (κ3) is 8.48. The molecule has 0 saturated heterocycles. The van der Waals surface area contributed by atoms with E-state index >= 15 is 0 Å². The van der Waals surface area contributed by atoms with Crippen LogP contribution in [0, 0.1) is 0 Å². The van der Waals surface area contributed by atoms with Crippen molar-refractivity contribution >= 4 is 55.9 Å². The van der Waals surface area contributed by atoms with Crippen LogP contribution >= 0.6 is 22.7 Å². The topological polar surface area (TPSA) is 133 Å². The second-order valence-electron chi connectivity index (χ2n) is 7.77. The van der Waals surface area contributed by atoms with E-state index in [2.05, 4.69) is 31.0 Å². The normalized spacial score (nSPS) is 10.9. The molecule has 2 aromatic heterocycles. The van der Waals surface area contributed by atoms with Crippen molar-refractivity contribution in [3.63, 3.8) is 0 Å². The summed E-state index contributed by atoms with van der Waals surface area (Å²) in [7, 11) is 0. The molecule has 4 aromatic rings. The van der Waals surface area contributed by atoms with Crippen molar-refractivity contribution in [2.45, 2.75) is 25.7 Å². The summed E-state index contributed by atoms with van der Waals surface area (Å²) in [6.07, 6.45) is 1.55. The Balaban J connectivity index is 1.15. The van der Waals surface area contributed by atoms with E-state index < -0.39 is 11.2 Å². The van der Waals surface area contributed by atoms with Gasteiger partial charge in [-0.15, -0.1) is 20.4 Å². The summed E-state index contributed by atoms with van der Waals surface area (Å²) in [5.41, 5.74) is 1.85. The molecule has 0 radical (unpaired) electrons. The van der Waals surface area contributed by atoms with E-state index in [1.807, 2.05) is 60.7 Å². The zero-order chi connectivity index (χ0) is 25.2. The molecule has 9 nitrogen and oxygen atoms in total. The minimum Gasteiger partial charge on any atom is -0.616 e. The third-order valence-corrected chi connectivity index (χ3v) is 8.04. The van der Waals surface area contributed by atoms with Crippen molar-refractivity contribution in [2.24, 2.45) is 0 Å². The molecule has 2 heterocycles. The highest BCUT2D eigenvalue weighted by Gasteiger charge is 2.15. The van der Waals surface area contributed by atoms with E-state index in [0.717, 1.165) is 21.1 Å². The Hall–Kier alpha value is -3.19. The Morgan fingerprint density at radius 3 is 1.53 bits per heavy atom. The van der Waals surface area contributed by atoms with Gasteiger partial charge >= 0.3 is 0 Å². The molecular formula is C24H24N6O3S3. The largest absolute Gasteiger partial charge is 0.616 e. The molecule has 2 amide bonds. The monoisotopic (exact) mass is 540 g/mol. The fourth-order valence-corrected chi connectivity index (χ4v) is 6.02. The van der Waals surface area contributed by atoms with Gasteiger partial charge in [-0.25, -0.2) is 0 Å². The number of amides is 2. The predicted octanol–water partition coefficient (Wildman–Crippen LogP) is 3.29. The lowest BCUT2D eigenvalue weighted by Gasteiger charge is -2.08. The van der Waals surface area contributed by atoms with Crippen LogP contribution in [0.2, 0.25) is 0 Å². The number of hydrogen-bond acceptors (Lipinski definition) is 9. The molecule has 0 fully saturated rings. The number of aromatic nitrogens is 4. The van der Waals surface area contributed by atoms with Gasteiger partial charge in [0, 0.05) is 12.8 Å². The van der Waals surface area contributed by atoms with E-state index in [1.54, 1.807) is 0 Å². The van der Waals surface area contributed by atoms with Gasteiger partial charge in [0.05, 0.1) is 12.8 Å². The number of benzene rings is 2. The maximum absolute atomic E-state index is 12.4. The average Bonchev–Trinajstić information content (AvgIpc) is 3.51. The minimum absolute atomic E-state index is 0.153. The summed E-state index contributed by atoms with van der Waals surface area (Å²) in [5, 5.41) is 24.0. The highest BCUT2D eigenvalue weighted by Crippen LogP contribution is 2.19. The molecule has 0 atom stereocenters. The van der Waals surface area contributed by atoms with Crippen LogP contribution in [0.1, 0.15) is 21.1 Å². The quantitative estimate of drug-likeness (QED) is 0.264. The van der Waals surface area contributed by atoms with Gasteiger partial charge in [0.1, 0.15) is 21.5 Å². The van der Waals surface area contributed by atoms with Gasteiger partial charge in [0.25, 0.3) is 0 Å². The maximum atomic E-state index is 12.4. The van der Waals surface area contributed by atoms with E-state index in [0.29, 0.717) is 34.6 Å². The van der Waals surface area contributed by atoms with E-state index in [1.165, 1.54) is 22.7 Å². The number of nitrogens with one attached hydrogen (secondary N) is 2. The lowest BCUT2D eigenvalue weighted by molar-refractivity contribution is -0.116. The molecular weight excluding hydrogens is 517 g/mol. The summed E-state index contributed by atoms with van der Waals surface area (Å²) in [5.74, 6) is 0.568. The molecule has 36 heavy (non-hydrogen) atoms. The summed E-state index contributed by atoms with van der Waals surface area (Å²) in [4.78, 5) is 24.3. The molecule has 0 bridgehead atoms. The standard InChI is InChI=1S/C24H24N6O3S3/c31-19(15-17-7-3-1-4-8-17)25-23-29-27-21(34-23)11-13-36(33)14-12-22-28-30-24(35-22)26-20(32)16-18-9-5-2-6-10-18/h1-10H,11-16H2,(H,25,29,31)(H,26,30,32). The van der Waals surface area contributed by atoms with Crippen LogP contribution in [0.4, 0.5) is 10.3 Å². The van der Waals surface area contributed by atoms with Gasteiger partial charge in [0.2, 0.25) is 22.1 Å². The first-order chi connectivity index (χ1) is 17.5. The van der Waals surface area contributed by atoms with E-state index in [9.17, 15) is 14.1 Å². The lowest BCUT2D eigenvalue weighted by atomic mass is 10.1. The SMILES string of the molecule is O=C(Cc1ccccc1)Nc1nnc(CC[S+]([O-])CCc2nnc(NC(=O)Cc3ccccc3)s2)s1. The summed E-state index contributed by atoms with van der Waals surface area (Å²) < 4.78 is 12.4. The van der Waals surface area contributed by atoms with Crippen LogP contribution in [0.5, 0.6) is 0 Å². The van der Waals surface area contributed by atoms with Crippen LogP contribution in [-0.2, 0) is 46.4 Å². The number of carbonyl (C=O) groups is 2. The van der Waals surface area contributed by atoms with Crippen molar-refractivity contribution in [2.75, 3.05) is 22.1 Å². The molecule has 0 aliphatic heterocycles. The highest BCUT2D eigenvalue weighted by atomic mass is 32.2. The zero-order valence-corrected chi connectivity index (χ0v) is 21.7. The first kappa shape index (κ1) is 25.9. The second kappa shape index (κ2) is 13.2. The van der Waals surface area contributed by atoms with Crippen molar-refractivity contribution in [3.05, 3.63) is 81.8 Å². The molecule has 2 N–H and O–H groups in total. The van der Waals surface area contributed by atoms with Crippen molar-refractivity contribution in [3.8, 4) is 0 Å². The lowest BCUT2D eigenvalue weighted by Crippen LogP contribution is -2.14. The number of anilines is 2. The van der Waals surface area contributed by atoms with Gasteiger partial charge in [0.15, 0.2) is 0 Å². The molecule has 186 valence electrons. The van der Waals surface area contributed by atoms with Gasteiger partial charge in [-0.2, -0.15) is 0 Å². The first-order valence-corrected chi connectivity index (χ1v) is 14.3. The molecule has 0 aliphatic carbocycles. The first-order valence-electron chi connectivity index (χ1n) is 11.2. The number of nitrogens with zero attached hydrogens (tertiary/aromatic N) is 4. The molecule has 0 aliphatic rings. The second-order valence-corrected chi connectivity index (χ2v) is 11.6. The Kier molecular flexibility index (Phi) is 9.50. The Bertz CT molecular complexity index is 1170.